The molecule has 2 aromatic rings. The fourth-order valence-corrected chi connectivity index (χ4v) is 2.83. The number of amides is 2. The number of benzene rings is 2. The second-order valence-electron chi connectivity index (χ2n) is 5.65. The van der Waals surface area contributed by atoms with Gasteiger partial charge in [-0.15, -0.1) is 0 Å². The number of primary amides is 1. The molecule has 0 saturated carbocycles. The van der Waals surface area contributed by atoms with Gasteiger partial charge in [0.25, 0.3) is 0 Å². The number of carbonyl (C=O) groups excluding carboxylic acids is 2. The summed E-state index contributed by atoms with van der Waals surface area (Å²) in [6.45, 7) is 0.905. The van der Waals surface area contributed by atoms with Crippen LogP contribution in [0.2, 0.25) is 5.02 Å². The zero-order valence-electron chi connectivity index (χ0n) is 13.8. The minimum atomic E-state index is -0.465. The second kappa shape index (κ2) is 7.93. The van der Waals surface area contributed by atoms with Crippen LogP contribution in [0.5, 0.6) is 11.5 Å². The summed E-state index contributed by atoms with van der Waals surface area (Å²) < 4.78 is 11.0. The molecule has 134 valence electrons. The molecule has 1 aliphatic rings. The van der Waals surface area contributed by atoms with E-state index in [0.717, 1.165) is 0 Å². The molecule has 0 aromatic heterocycles. The van der Waals surface area contributed by atoms with Crippen LogP contribution in [-0.2, 0) is 16.0 Å². The van der Waals surface area contributed by atoms with E-state index in [1.165, 1.54) is 6.08 Å². The molecule has 1 aliphatic heterocycles. The molecule has 1 heterocycles. The highest BCUT2D eigenvalue weighted by molar-refractivity contribution is 6.32. The summed E-state index contributed by atoms with van der Waals surface area (Å²) in [4.78, 5) is 23.3. The van der Waals surface area contributed by atoms with E-state index in [2.05, 4.69) is 5.32 Å². The highest BCUT2D eigenvalue weighted by Crippen LogP contribution is 2.38. The highest BCUT2D eigenvalue weighted by atomic mass is 35.5. The van der Waals surface area contributed by atoms with Gasteiger partial charge >= 0.3 is 0 Å². The van der Waals surface area contributed by atoms with Gasteiger partial charge in [-0.25, -0.2) is 0 Å². The highest BCUT2D eigenvalue weighted by Gasteiger charge is 2.16. The van der Waals surface area contributed by atoms with E-state index >= 15 is 0 Å². The van der Waals surface area contributed by atoms with E-state index in [1.54, 1.807) is 42.5 Å². The number of rotatable bonds is 5. The Balaban J connectivity index is 1.73. The van der Waals surface area contributed by atoms with Crippen molar-refractivity contribution in [1.29, 1.82) is 0 Å². The lowest BCUT2D eigenvalue weighted by Crippen LogP contribution is -2.16. The summed E-state index contributed by atoms with van der Waals surface area (Å²) in [5, 5.41) is 3.17. The van der Waals surface area contributed by atoms with Crippen LogP contribution < -0.4 is 20.5 Å². The molecule has 0 saturated heterocycles. The predicted molar refractivity (Wildman–Crippen MR) is 99.4 cm³/mol. The van der Waals surface area contributed by atoms with Crippen molar-refractivity contribution in [1.82, 2.24) is 0 Å². The van der Waals surface area contributed by atoms with Crippen molar-refractivity contribution in [3.05, 3.63) is 58.6 Å². The number of fused-ring (bicyclic) bond motifs is 1. The van der Waals surface area contributed by atoms with Crippen molar-refractivity contribution in [2.24, 2.45) is 5.73 Å². The molecule has 2 amide bonds. The lowest BCUT2D eigenvalue weighted by molar-refractivity contribution is -0.117. The minimum absolute atomic E-state index is 0.0535. The average molecular weight is 373 g/mol. The standard InChI is InChI=1S/C19H17ClN2O4/c20-14-9-12(10-16-19(14)26-8-7-25-16)5-6-18(24)22-15-4-2-1-3-13(15)11-17(21)23/h1-6,9-10H,7-8,11H2,(H2,21,23)(H,22,24). The first kappa shape index (κ1) is 17.8. The van der Waals surface area contributed by atoms with Crippen molar-refractivity contribution >= 4 is 35.2 Å². The van der Waals surface area contributed by atoms with Crippen molar-refractivity contribution in [3.8, 4) is 11.5 Å². The van der Waals surface area contributed by atoms with Gasteiger partial charge in [-0.2, -0.15) is 0 Å². The van der Waals surface area contributed by atoms with Crippen LogP contribution in [-0.4, -0.2) is 25.0 Å². The molecular formula is C19H17ClN2O4. The van der Waals surface area contributed by atoms with E-state index in [9.17, 15) is 9.59 Å². The number of anilines is 1. The predicted octanol–water partition coefficient (Wildman–Crippen LogP) is 2.79. The smallest absolute Gasteiger partial charge is 0.248 e. The fourth-order valence-electron chi connectivity index (χ4n) is 2.56. The monoisotopic (exact) mass is 372 g/mol. The van der Waals surface area contributed by atoms with Crippen LogP contribution in [0.25, 0.3) is 6.08 Å². The summed E-state index contributed by atoms with van der Waals surface area (Å²) in [7, 11) is 0. The molecule has 3 rings (SSSR count). The van der Waals surface area contributed by atoms with E-state index in [-0.39, 0.29) is 12.3 Å². The van der Waals surface area contributed by atoms with Crippen molar-refractivity contribution < 1.29 is 19.1 Å². The third-order valence-corrected chi connectivity index (χ3v) is 3.97. The number of nitrogens with one attached hydrogen (secondary N) is 1. The molecule has 3 N–H and O–H groups in total. The second-order valence-corrected chi connectivity index (χ2v) is 6.06. The molecule has 6 nitrogen and oxygen atoms in total. The van der Waals surface area contributed by atoms with Crippen molar-refractivity contribution in [3.63, 3.8) is 0 Å². The van der Waals surface area contributed by atoms with E-state index in [0.29, 0.717) is 46.5 Å². The van der Waals surface area contributed by atoms with Gasteiger partial charge in [-0.05, 0) is 35.4 Å². The molecule has 0 bridgehead atoms. The van der Waals surface area contributed by atoms with E-state index in [1.807, 2.05) is 0 Å². The topological polar surface area (TPSA) is 90.7 Å². The maximum absolute atomic E-state index is 12.2. The van der Waals surface area contributed by atoms with Gasteiger partial charge in [0.1, 0.15) is 13.2 Å². The third kappa shape index (κ3) is 4.34. The first-order valence-electron chi connectivity index (χ1n) is 7.97. The van der Waals surface area contributed by atoms with Gasteiger partial charge in [0.2, 0.25) is 11.8 Å². The molecule has 0 atom stereocenters. The number of para-hydroxylation sites is 1. The number of nitrogens with two attached hydrogens (primary N) is 1. The molecule has 0 fully saturated rings. The maximum Gasteiger partial charge on any atom is 0.248 e. The lowest BCUT2D eigenvalue weighted by Gasteiger charge is -2.19. The van der Waals surface area contributed by atoms with E-state index in [4.69, 9.17) is 26.8 Å². The number of carbonyl (C=O) groups is 2. The summed E-state index contributed by atoms with van der Waals surface area (Å²) in [5.74, 6) is 0.261. The van der Waals surface area contributed by atoms with Gasteiger partial charge in [-0.1, -0.05) is 29.8 Å². The van der Waals surface area contributed by atoms with E-state index < -0.39 is 5.91 Å². The summed E-state index contributed by atoms with van der Waals surface area (Å²) in [5.41, 5.74) is 7.14. The zero-order valence-corrected chi connectivity index (χ0v) is 14.6. The van der Waals surface area contributed by atoms with Gasteiger partial charge in [-0.3, -0.25) is 9.59 Å². The summed E-state index contributed by atoms with van der Waals surface area (Å²) >= 11 is 6.18. The largest absolute Gasteiger partial charge is 0.486 e. The first-order valence-corrected chi connectivity index (χ1v) is 8.35. The number of halogens is 1. The van der Waals surface area contributed by atoms with Crippen LogP contribution in [0.3, 0.4) is 0 Å². The lowest BCUT2D eigenvalue weighted by atomic mass is 10.1. The number of ether oxygens (including phenoxy) is 2. The van der Waals surface area contributed by atoms with Gasteiger partial charge < -0.3 is 20.5 Å². The zero-order chi connectivity index (χ0) is 18.5. The molecule has 2 aromatic carbocycles. The van der Waals surface area contributed by atoms with Gasteiger partial charge in [0, 0.05) is 11.8 Å². The molecular weight excluding hydrogens is 356 g/mol. The maximum atomic E-state index is 12.2. The number of hydrogen-bond donors (Lipinski definition) is 2. The SMILES string of the molecule is NC(=O)Cc1ccccc1NC(=O)C=Cc1cc(Cl)c2c(c1)OCCO2. The molecule has 0 unspecified atom stereocenters. The van der Waals surface area contributed by atoms with Gasteiger partial charge in [0.05, 0.1) is 11.4 Å². The Morgan fingerprint density at radius 2 is 1.96 bits per heavy atom. The Hall–Kier alpha value is -2.99. The van der Waals surface area contributed by atoms with Crippen LogP contribution in [0.1, 0.15) is 11.1 Å². The normalized spacial score (nSPS) is 12.8. The molecule has 0 radical (unpaired) electrons. The number of hydrogen-bond acceptors (Lipinski definition) is 4. The Morgan fingerprint density at radius 1 is 1.19 bits per heavy atom. The van der Waals surface area contributed by atoms with Gasteiger partial charge in [0.15, 0.2) is 11.5 Å². The first-order chi connectivity index (χ1) is 12.5. The average Bonchev–Trinajstić information content (AvgIpc) is 2.61. The molecule has 7 heteroatoms. The Kier molecular flexibility index (Phi) is 5.43. The van der Waals surface area contributed by atoms with Crippen LogP contribution in [0, 0.1) is 0 Å². The Morgan fingerprint density at radius 3 is 2.77 bits per heavy atom. The Labute approximate surface area is 155 Å². The van der Waals surface area contributed by atoms with Crippen LogP contribution >= 0.6 is 11.6 Å². The Bertz CT molecular complexity index is 880. The van der Waals surface area contributed by atoms with Crippen LogP contribution in [0.15, 0.2) is 42.5 Å². The molecule has 0 spiro atoms. The molecule has 0 aliphatic carbocycles. The summed E-state index contributed by atoms with van der Waals surface area (Å²) in [6, 6.07) is 10.5. The fraction of sp³-hybridized carbons (Fsp3) is 0.158. The minimum Gasteiger partial charge on any atom is -0.486 e. The molecule has 26 heavy (non-hydrogen) atoms. The van der Waals surface area contributed by atoms with Crippen molar-refractivity contribution in [2.45, 2.75) is 6.42 Å². The quantitative estimate of drug-likeness (QED) is 0.789. The third-order valence-electron chi connectivity index (χ3n) is 3.69. The summed E-state index contributed by atoms with van der Waals surface area (Å²) in [6.07, 6.45) is 3.05. The van der Waals surface area contributed by atoms with Crippen LogP contribution in [0.4, 0.5) is 5.69 Å². The van der Waals surface area contributed by atoms with Crippen molar-refractivity contribution in [2.75, 3.05) is 18.5 Å².